The van der Waals surface area contributed by atoms with Gasteiger partial charge in [-0.3, -0.25) is 18.6 Å². The van der Waals surface area contributed by atoms with Crippen LogP contribution in [-0.2, 0) is 32.7 Å². The van der Waals surface area contributed by atoms with Crippen LogP contribution in [0.4, 0.5) is 0 Å². The largest absolute Gasteiger partial charge is 0.472 e. The first-order valence-corrected chi connectivity index (χ1v) is 24.3. The number of nitrogens with two attached hydrogens (primary N) is 1. The highest BCUT2D eigenvalue weighted by atomic mass is 31.2. The number of ether oxygens (including phenoxy) is 2. The number of rotatable bonds is 43. The summed E-state index contributed by atoms with van der Waals surface area (Å²) in [4.78, 5) is 34.9. The number of esters is 2. The maximum atomic E-state index is 12.6. The van der Waals surface area contributed by atoms with Gasteiger partial charge < -0.3 is 20.1 Å². The predicted molar refractivity (Wildman–Crippen MR) is 229 cm³/mol. The first-order chi connectivity index (χ1) is 26.8. The minimum absolute atomic E-state index is 0.0530. The number of hydrogen-bond acceptors (Lipinski definition) is 8. The van der Waals surface area contributed by atoms with E-state index in [0.29, 0.717) is 6.42 Å². The highest BCUT2D eigenvalue weighted by Crippen LogP contribution is 2.43. The molecular formula is C45H86NO8P. The minimum Gasteiger partial charge on any atom is -0.462 e. The molecule has 0 aromatic heterocycles. The van der Waals surface area contributed by atoms with Gasteiger partial charge in [-0.1, -0.05) is 167 Å². The van der Waals surface area contributed by atoms with Crippen LogP contribution in [0.5, 0.6) is 0 Å². The first-order valence-electron chi connectivity index (χ1n) is 22.8. The number of phosphoric acid groups is 1. The van der Waals surface area contributed by atoms with Crippen molar-refractivity contribution in [2.24, 2.45) is 5.73 Å². The molecule has 10 heteroatoms. The summed E-state index contributed by atoms with van der Waals surface area (Å²) in [6.07, 6.45) is 44.9. The van der Waals surface area contributed by atoms with Crippen molar-refractivity contribution in [1.29, 1.82) is 0 Å². The molecule has 0 amide bonds. The summed E-state index contributed by atoms with van der Waals surface area (Å²) >= 11 is 0. The summed E-state index contributed by atoms with van der Waals surface area (Å²) in [5.41, 5.74) is 5.35. The molecule has 2 atom stereocenters. The van der Waals surface area contributed by atoms with Gasteiger partial charge in [-0.05, 0) is 64.2 Å². The summed E-state index contributed by atoms with van der Waals surface area (Å²) in [5, 5.41) is 0. The Morgan fingerprint density at radius 3 is 1.29 bits per heavy atom. The molecule has 0 aliphatic heterocycles. The van der Waals surface area contributed by atoms with E-state index in [0.717, 1.165) is 51.4 Å². The van der Waals surface area contributed by atoms with Gasteiger partial charge in [0.05, 0.1) is 13.2 Å². The van der Waals surface area contributed by atoms with E-state index >= 15 is 0 Å². The Hall–Kier alpha value is -1.51. The van der Waals surface area contributed by atoms with Crippen LogP contribution in [0.2, 0.25) is 0 Å². The second kappa shape index (κ2) is 42.1. The Bertz CT molecular complexity index is 959. The van der Waals surface area contributed by atoms with Gasteiger partial charge in [0.15, 0.2) is 6.10 Å². The Morgan fingerprint density at radius 2 is 0.891 bits per heavy atom. The van der Waals surface area contributed by atoms with Gasteiger partial charge >= 0.3 is 19.8 Å². The lowest BCUT2D eigenvalue weighted by molar-refractivity contribution is -0.161. The van der Waals surface area contributed by atoms with Gasteiger partial charge in [-0.15, -0.1) is 0 Å². The molecule has 0 heterocycles. The lowest BCUT2D eigenvalue weighted by Crippen LogP contribution is -2.29. The average Bonchev–Trinajstić information content (AvgIpc) is 3.17. The van der Waals surface area contributed by atoms with Crippen molar-refractivity contribution in [1.82, 2.24) is 0 Å². The van der Waals surface area contributed by atoms with Gasteiger partial charge in [0.1, 0.15) is 6.61 Å². The molecule has 55 heavy (non-hydrogen) atoms. The lowest BCUT2D eigenvalue weighted by atomic mass is 10.1. The molecule has 0 aromatic rings. The Morgan fingerprint density at radius 1 is 0.527 bits per heavy atom. The SMILES string of the molecule is CCCCCCCCC=CCCCCCCCCCCCC(=O)OCC(COP(=O)(O)OCCN)OC(=O)CCCCCCCC=CCCCCCCCC. The predicted octanol–water partition coefficient (Wildman–Crippen LogP) is 13.2. The van der Waals surface area contributed by atoms with Crippen LogP contribution < -0.4 is 5.73 Å². The van der Waals surface area contributed by atoms with E-state index in [-0.39, 0.29) is 38.6 Å². The van der Waals surface area contributed by atoms with Crippen molar-refractivity contribution in [2.75, 3.05) is 26.4 Å². The van der Waals surface area contributed by atoms with E-state index < -0.39 is 26.5 Å². The topological polar surface area (TPSA) is 134 Å². The van der Waals surface area contributed by atoms with Crippen molar-refractivity contribution in [3.63, 3.8) is 0 Å². The summed E-state index contributed by atoms with van der Waals surface area (Å²) in [7, 11) is -4.38. The molecule has 0 aliphatic rings. The van der Waals surface area contributed by atoms with Crippen LogP contribution in [0.25, 0.3) is 0 Å². The molecule has 0 rings (SSSR count). The molecular weight excluding hydrogens is 713 g/mol. The minimum atomic E-state index is -4.38. The third-order valence-electron chi connectivity index (χ3n) is 9.81. The zero-order valence-electron chi connectivity index (χ0n) is 35.7. The number of carbonyl (C=O) groups excluding carboxylic acids is 2. The van der Waals surface area contributed by atoms with Crippen molar-refractivity contribution in [3.05, 3.63) is 24.3 Å². The first kappa shape index (κ1) is 53.5. The lowest BCUT2D eigenvalue weighted by Gasteiger charge is -2.19. The second-order valence-corrected chi connectivity index (χ2v) is 16.7. The van der Waals surface area contributed by atoms with E-state index in [1.165, 1.54) is 135 Å². The number of allylic oxidation sites excluding steroid dienone is 4. The molecule has 2 unspecified atom stereocenters. The molecule has 0 fully saturated rings. The fraction of sp³-hybridized carbons (Fsp3) is 0.867. The molecule has 0 saturated heterocycles. The molecule has 324 valence electrons. The van der Waals surface area contributed by atoms with Crippen molar-refractivity contribution >= 4 is 19.8 Å². The highest BCUT2D eigenvalue weighted by Gasteiger charge is 2.26. The Balaban J connectivity index is 4.10. The molecule has 0 radical (unpaired) electrons. The smallest absolute Gasteiger partial charge is 0.462 e. The van der Waals surface area contributed by atoms with Crippen molar-refractivity contribution < 1.29 is 37.6 Å². The number of unbranched alkanes of at least 4 members (excludes halogenated alkanes) is 26. The zero-order chi connectivity index (χ0) is 40.3. The maximum absolute atomic E-state index is 12.6. The highest BCUT2D eigenvalue weighted by molar-refractivity contribution is 7.47. The van der Waals surface area contributed by atoms with Gasteiger partial charge in [-0.2, -0.15) is 0 Å². The van der Waals surface area contributed by atoms with E-state index in [4.69, 9.17) is 24.3 Å². The summed E-state index contributed by atoms with van der Waals surface area (Å²) < 4.78 is 32.8. The van der Waals surface area contributed by atoms with E-state index in [9.17, 15) is 19.0 Å². The maximum Gasteiger partial charge on any atom is 0.472 e. The number of carbonyl (C=O) groups is 2. The fourth-order valence-corrected chi connectivity index (χ4v) is 7.15. The van der Waals surface area contributed by atoms with Crippen LogP contribution >= 0.6 is 7.82 Å². The normalized spacial score (nSPS) is 13.5. The third kappa shape index (κ3) is 41.9. The standard InChI is InChI=1S/C45H86NO8P/c1-3-5-7-9-11-13-15-17-19-20-21-22-24-25-27-29-31-33-35-37-44(47)51-41-43(42-53-55(49,50)52-40-39-46)54-45(48)38-36-34-32-30-28-26-23-18-16-14-12-10-8-6-4-2/h17-19,23,43H,3-16,20-22,24-42,46H2,1-2H3,(H,49,50). The molecule has 3 N–H and O–H groups in total. The van der Waals surface area contributed by atoms with Gasteiger partial charge in [0.2, 0.25) is 0 Å². The number of phosphoric ester groups is 1. The zero-order valence-corrected chi connectivity index (χ0v) is 36.6. The van der Waals surface area contributed by atoms with Crippen LogP contribution in [-0.4, -0.2) is 49.3 Å². The van der Waals surface area contributed by atoms with Gasteiger partial charge in [-0.25, -0.2) is 4.57 Å². The van der Waals surface area contributed by atoms with Gasteiger partial charge in [0.25, 0.3) is 0 Å². The molecule has 0 aliphatic carbocycles. The van der Waals surface area contributed by atoms with Crippen molar-refractivity contribution in [2.45, 2.75) is 225 Å². The van der Waals surface area contributed by atoms with Crippen LogP contribution in [0, 0.1) is 0 Å². The Kier molecular flexibility index (Phi) is 40.9. The summed E-state index contributed by atoms with van der Waals surface area (Å²) in [6.45, 7) is 3.73. The monoisotopic (exact) mass is 800 g/mol. The van der Waals surface area contributed by atoms with Crippen LogP contribution in [0.3, 0.4) is 0 Å². The number of hydrogen-bond donors (Lipinski definition) is 2. The molecule has 9 nitrogen and oxygen atoms in total. The van der Waals surface area contributed by atoms with Gasteiger partial charge in [0, 0.05) is 19.4 Å². The van der Waals surface area contributed by atoms with Crippen LogP contribution in [0.1, 0.15) is 219 Å². The summed E-state index contributed by atoms with van der Waals surface area (Å²) in [6, 6.07) is 0. The summed E-state index contributed by atoms with van der Waals surface area (Å²) in [5.74, 6) is -0.834. The second-order valence-electron chi connectivity index (χ2n) is 15.3. The fourth-order valence-electron chi connectivity index (χ4n) is 6.39. The quantitative estimate of drug-likeness (QED) is 0.0267. The average molecular weight is 800 g/mol. The third-order valence-corrected chi connectivity index (χ3v) is 10.8. The van der Waals surface area contributed by atoms with E-state index in [1.54, 1.807) is 0 Å². The van der Waals surface area contributed by atoms with Crippen molar-refractivity contribution in [3.8, 4) is 0 Å². The van der Waals surface area contributed by atoms with E-state index in [2.05, 4.69) is 38.2 Å². The molecule has 0 bridgehead atoms. The molecule has 0 aromatic carbocycles. The molecule has 0 saturated carbocycles. The van der Waals surface area contributed by atoms with Crippen LogP contribution in [0.15, 0.2) is 24.3 Å². The van der Waals surface area contributed by atoms with E-state index in [1.807, 2.05) is 0 Å². The molecule has 0 spiro atoms. The Labute approximate surface area is 338 Å².